The van der Waals surface area contributed by atoms with Gasteiger partial charge in [0.05, 0.1) is 43.1 Å². The maximum Gasteiger partial charge on any atom is 0.512 e. The third-order valence-electron chi connectivity index (χ3n) is 8.15. The van der Waals surface area contributed by atoms with Crippen LogP contribution in [0.4, 0.5) is 18.0 Å². The molecular weight excluding hydrogens is 763 g/mol. The SMILES string of the molecule is CC(OC(=O)CCC(=O)N(C)CC(=O)O)OC(=O)O[C@@](Cn1cncn1)(c1ccc(F)cc1F)[C@@H](C)SC1COC(/C=C/C=C/c2ccc(C#N)cc2F)OC1. The number of benzene rings is 2. The standard InChI is InChI=1S/C37H38F3N5O10S/c1-23(56-28-18-51-35(52-19-28)7-5-4-6-26-9-8-25(16-41)14-30(26)39)37(20-45-22-42-21-43-45,29-11-10-27(38)15-31(29)40)55-36(50)54-24(2)53-34(49)13-12-32(46)44(3)17-33(47)48/h4-11,14-15,21-24,28,35H,12-13,17-20H2,1-3H3,(H,47,48)/b6-4+,7-5+/t23-,24?,28?,35?,37-/m1/s1. The van der Waals surface area contributed by atoms with Crippen LogP contribution in [-0.4, -0.2) is 98.7 Å². The lowest BCUT2D eigenvalue weighted by atomic mass is 9.89. The van der Waals surface area contributed by atoms with Gasteiger partial charge in [0.15, 0.2) is 11.9 Å². The van der Waals surface area contributed by atoms with Crippen molar-refractivity contribution in [1.29, 1.82) is 5.26 Å². The number of amides is 1. The highest BCUT2D eigenvalue weighted by Crippen LogP contribution is 2.42. The summed E-state index contributed by atoms with van der Waals surface area (Å²) in [5.41, 5.74) is -1.71. The molecule has 1 aliphatic heterocycles. The summed E-state index contributed by atoms with van der Waals surface area (Å²) in [6.07, 6.45) is 4.30. The Morgan fingerprint density at radius 2 is 1.84 bits per heavy atom. The number of nitrogens with zero attached hydrogens (tertiary/aromatic N) is 5. The molecule has 2 aromatic carbocycles. The molecule has 1 N–H and O–H groups in total. The molecule has 3 atom stereocenters. The molecule has 19 heteroatoms. The van der Waals surface area contributed by atoms with Crippen molar-refractivity contribution in [1.82, 2.24) is 19.7 Å². The first-order valence-electron chi connectivity index (χ1n) is 16.9. The van der Waals surface area contributed by atoms with Crippen molar-refractivity contribution in [2.24, 2.45) is 0 Å². The molecule has 1 fully saturated rings. The van der Waals surface area contributed by atoms with E-state index in [1.54, 1.807) is 25.2 Å². The second-order valence-corrected chi connectivity index (χ2v) is 14.0. The van der Waals surface area contributed by atoms with E-state index in [2.05, 4.69) is 10.1 Å². The Morgan fingerprint density at radius 3 is 2.48 bits per heavy atom. The molecule has 4 rings (SSSR count). The average molecular weight is 802 g/mol. The minimum Gasteiger partial charge on any atom is -0.480 e. The Labute approximate surface area is 323 Å². The number of halogens is 3. The molecule has 1 saturated heterocycles. The van der Waals surface area contributed by atoms with Crippen LogP contribution in [0, 0.1) is 28.8 Å². The summed E-state index contributed by atoms with van der Waals surface area (Å²) in [6, 6.07) is 8.73. The number of esters is 1. The first-order chi connectivity index (χ1) is 26.7. The number of nitriles is 1. The maximum absolute atomic E-state index is 15.7. The van der Waals surface area contributed by atoms with E-state index in [-0.39, 0.29) is 42.9 Å². The number of carboxylic acids is 1. The summed E-state index contributed by atoms with van der Waals surface area (Å²) in [5, 5.41) is 20.6. The lowest BCUT2D eigenvalue weighted by Crippen LogP contribution is -2.47. The Hall–Kier alpha value is -5.71. The van der Waals surface area contributed by atoms with Gasteiger partial charge in [0.1, 0.15) is 36.7 Å². The van der Waals surface area contributed by atoms with Gasteiger partial charge in [-0.1, -0.05) is 24.3 Å². The predicted octanol–water partition coefficient (Wildman–Crippen LogP) is 4.96. The zero-order chi connectivity index (χ0) is 40.8. The zero-order valence-electron chi connectivity index (χ0n) is 30.4. The van der Waals surface area contributed by atoms with Gasteiger partial charge in [0.25, 0.3) is 0 Å². The van der Waals surface area contributed by atoms with Crippen molar-refractivity contribution in [3.8, 4) is 6.07 Å². The third-order valence-corrected chi connectivity index (χ3v) is 9.59. The van der Waals surface area contributed by atoms with Gasteiger partial charge in [-0.3, -0.25) is 14.4 Å². The van der Waals surface area contributed by atoms with Crippen LogP contribution < -0.4 is 0 Å². The molecule has 0 bridgehead atoms. The summed E-state index contributed by atoms with van der Waals surface area (Å²) < 4.78 is 73.2. The number of ether oxygens (including phenoxy) is 5. The van der Waals surface area contributed by atoms with Crippen molar-refractivity contribution in [3.05, 3.63) is 101 Å². The number of likely N-dealkylation sites (N-methyl/N-ethyl adjacent to an activating group) is 1. The first kappa shape index (κ1) is 43.0. The second-order valence-electron chi connectivity index (χ2n) is 12.3. The number of rotatable bonds is 17. The molecule has 1 aromatic heterocycles. The maximum atomic E-state index is 15.7. The average Bonchev–Trinajstić information content (AvgIpc) is 3.65. The molecule has 298 valence electrons. The van der Waals surface area contributed by atoms with Crippen LogP contribution in [-0.2, 0) is 50.2 Å². The third kappa shape index (κ3) is 12.4. The first-order valence-corrected chi connectivity index (χ1v) is 17.9. The van der Waals surface area contributed by atoms with Crippen molar-refractivity contribution in [2.45, 2.75) is 61.9 Å². The fraction of sp³-hybridized carbons (Fsp3) is 0.378. The van der Waals surface area contributed by atoms with Gasteiger partial charge in [-0.25, -0.2) is 27.6 Å². The number of thioether (sulfide) groups is 1. The normalized spacial score (nSPS) is 17.7. The topological polar surface area (TPSA) is 192 Å². The van der Waals surface area contributed by atoms with Gasteiger partial charge >= 0.3 is 18.1 Å². The minimum absolute atomic E-state index is 0.134. The lowest BCUT2D eigenvalue weighted by Gasteiger charge is -2.40. The molecule has 2 heterocycles. The van der Waals surface area contributed by atoms with E-state index in [4.69, 9.17) is 34.1 Å². The molecule has 0 spiro atoms. The van der Waals surface area contributed by atoms with Crippen molar-refractivity contribution in [2.75, 3.05) is 26.8 Å². The van der Waals surface area contributed by atoms with Gasteiger partial charge in [-0.05, 0) is 37.3 Å². The number of carboxylic acid groups (broad SMARTS) is 1. The number of allylic oxidation sites excluding steroid dienone is 2. The van der Waals surface area contributed by atoms with Crippen molar-refractivity contribution in [3.63, 3.8) is 0 Å². The molecule has 1 amide bonds. The molecular formula is C37H38F3N5O10S. The highest BCUT2D eigenvalue weighted by Gasteiger charge is 2.47. The van der Waals surface area contributed by atoms with Crippen LogP contribution in [0.5, 0.6) is 0 Å². The Morgan fingerprint density at radius 1 is 1.09 bits per heavy atom. The van der Waals surface area contributed by atoms with E-state index in [9.17, 15) is 28.0 Å². The predicted molar refractivity (Wildman–Crippen MR) is 192 cm³/mol. The number of aromatic nitrogens is 3. The molecule has 0 saturated carbocycles. The van der Waals surface area contributed by atoms with Crippen molar-refractivity contribution < 1.29 is 61.1 Å². The van der Waals surface area contributed by atoms with Gasteiger partial charge in [-0.2, -0.15) is 10.4 Å². The molecule has 56 heavy (non-hydrogen) atoms. The van der Waals surface area contributed by atoms with Crippen LogP contribution in [0.3, 0.4) is 0 Å². The number of carbonyl (C=O) groups excluding carboxylic acids is 3. The summed E-state index contributed by atoms with van der Waals surface area (Å²) in [6.45, 7) is 2.22. The summed E-state index contributed by atoms with van der Waals surface area (Å²) in [5.74, 6) is -5.28. The number of aliphatic carboxylic acids is 1. The Balaban J connectivity index is 1.45. The van der Waals surface area contributed by atoms with Gasteiger partial charge in [-0.15, -0.1) is 11.8 Å². The summed E-state index contributed by atoms with van der Waals surface area (Å²) in [7, 11) is 1.26. The Kier molecular flexibility index (Phi) is 15.6. The summed E-state index contributed by atoms with van der Waals surface area (Å²) >= 11 is 1.21. The molecule has 0 aliphatic carbocycles. The van der Waals surface area contributed by atoms with Gasteiger partial charge < -0.3 is 33.7 Å². The minimum atomic E-state index is -1.96. The van der Waals surface area contributed by atoms with Crippen LogP contribution in [0.2, 0.25) is 0 Å². The smallest absolute Gasteiger partial charge is 0.480 e. The van der Waals surface area contributed by atoms with Crippen LogP contribution in [0.15, 0.2) is 67.3 Å². The van der Waals surface area contributed by atoms with Crippen LogP contribution in [0.25, 0.3) is 6.08 Å². The number of hydrogen-bond donors (Lipinski definition) is 1. The highest BCUT2D eigenvalue weighted by atomic mass is 32.2. The lowest BCUT2D eigenvalue weighted by molar-refractivity contribution is -0.172. The zero-order valence-corrected chi connectivity index (χ0v) is 31.2. The fourth-order valence-electron chi connectivity index (χ4n) is 5.39. The molecule has 0 radical (unpaired) electrons. The largest absolute Gasteiger partial charge is 0.512 e. The van der Waals surface area contributed by atoms with Crippen LogP contribution >= 0.6 is 11.8 Å². The van der Waals surface area contributed by atoms with Crippen LogP contribution in [0.1, 0.15) is 43.4 Å². The molecule has 1 aliphatic rings. The molecule has 15 nitrogen and oxygen atoms in total. The second kappa shape index (κ2) is 20.3. The fourth-order valence-corrected chi connectivity index (χ4v) is 6.75. The Bertz CT molecular complexity index is 1950. The van der Waals surface area contributed by atoms with E-state index in [1.807, 2.05) is 6.07 Å². The molecule has 1 unspecified atom stereocenters. The highest BCUT2D eigenvalue weighted by molar-refractivity contribution is 8.00. The number of hydrogen-bond acceptors (Lipinski definition) is 13. The van der Waals surface area contributed by atoms with E-state index in [1.165, 1.54) is 61.3 Å². The summed E-state index contributed by atoms with van der Waals surface area (Å²) in [4.78, 5) is 53.6. The quantitative estimate of drug-likeness (QED) is 0.109. The van der Waals surface area contributed by atoms with Crippen molar-refractivity contribution >= 4 is 41.8 Å². The van der Waals surface area contributed by atoms with Gasteiger partial charge in [0.2, 0.25) is 12.2 Å². The monoisotopic (exact) mass is 801 g/mol. The number of carbonyl (C=O) groups is 4. The van der Waals surface area contributed by atoms with E-state index >= 15 is 4.39 Å². The van der Waals surface area contributed by atoms with E-state index in [0.29, 0.717) is 6.07 Å². The molecule has 3 aromatic rings. The van der Waals surface area contributed by atoms with E-state index in [0.717, 1.165) is 23.1 Å². The van der Waals surface area contributed by atoms with Gasteiger partial charge in [0, 0.05) is 42.8 Å². The van der Waals surface area contributed by atoms with E-state index < -0.39 is 83.1 Å².